The van der Waals surface area contributed by atoms with E-state index in [1.54, 1.807) is 0 Å². The smallest absolute Gasteiger partial charge is 0.328 e. The van der Waals surface area contributed by atoms with Crippen molar-refractivity contribution >= 4 is 12.0 Å². The molecule has 0 spiro atoms. The molecule has 0 aliphatic rings. The van der Waals surface area contributed by atoms with Gasteiger partial charge in [0.05, 0.1) is 7.11 Å². The van der Waals surface area contributed by atoms with E-state index in [9.17, 15) is 9.18 Å². The van der Waals surface area contributed by atoms with Gasteiger partial charge in [0.25, 0.3) is 0 Å². The van der Waals surface area contributed by atoms with Crippen molar-refractivity contribution in [2.45, 2.75) is 6.61 Å². The fourth-order valence-electron chi connectivity index (χ4n) is 1.87. The van der Waals surface area contributed by atoms with Gasteiger partial charge in [0.15, 0.2) is 17.3 Å². The van der Waals surface area contributed by atoms with Crippen molar-refractivity contribution in [3.05, 3.63) is 65.5 Å². The van der Waals surface area contributed by atoms with Crippen LogP contribution in [0.15, 0.2) is 48.5 Å². The summed E-state index contributed by atoms with van der Waals surface area (Å²) >= 11 is 0. The molecule has 0 unspecified atom stereocenters. The fourth-order valence-corrected chi connectivity index (χ4v) is 1.87. The highest BCUT2D eigenvalue weighted by atomic mass is 19.1. The van der Waals surface area contributed by atoms with E-state index in [-0.39, 0.29) is 18.1 Å². The van der Waals surface area contributed by atoms with Crippen LogP contribution in [0.2, 0.25) is 0 Å². The van der Waals surface area contributed by atoms with Gasteiger partial charge in [0, 0.05) is 6.08 Å². The van der Waals surface area contributed by atoms with Crippen LogP contribution >= 0.6 is 0 Å². The third-order valence-electron chi connectivity index (χ3n) is 2.90. The van der Waals surface area contributed by atoms with Crippen molar-refractivity contribution in [1.82, 2.24) is 0 Å². The van der Waals surface area contributed by atoms with E-state index in [2.05, 4.69) is 0 Å². The van der Waals surface area contributed by atoms with Crippen LogP contribution in [0.3, 0.4) is 0 Å². The van der Waals surface area contributed by atoms with Crippen LogP contribution < -0.4 is 9.47 Å². The predicted octanol–water partition coefficient (Wildman–Crippen LogP) is 3.51. The molecule has 2 aromatic carbocycles. The lowest BCUT2D eigenvalue weighted by Gasteiger charge is -2.12. The molecule has 2 aromatic rings. The molecule has 0 aromatic heterocycles. The van der Waals surface area contributed by atoms with E-state index >= 15 is 0 Å². The second-order valence-electron chi connectivity index (χ2n) is 4.48. The highest BCUT2D eigenvalue weighted by Crippen LogP contribution is 2.32. The highest BCUT2D eigenvalue weighted by molar-refractivity contribution is 5.85. The van der Waals surface area contributed by atoms with Gasteiger partial charge in [-0.1, -0.05) is 30.3 Å². The molecule has 0 bridgehead atoms. The van der Waals surface area contributed by atoms with Gasteiger partial charge < -0.3 is 14.6 Å². The zero-order chi connectivity index (χ0) is 15.9. The van der Waals surface area contributed by atoms with Gasteiger partial charge in [-0.15, -0.1) is 0 Å². The third kappa shape index (κ3) is 4.09. The summed E-state index contributed by atoms with van der Waals surface area (Å²) in [4.78, 5) is 10.5. The molecular formula is C17H15FO4. The molecule has 22 heavy (non-hydrogen) atoms. The minimum Gasteiger partial charge on any atom is -0.493 e. The molecule has 114 valence electrons. The van der Waals surface area contributed by atoms with Gasteiger partial charge in [-0.25, -0.2) is 9.18 Å². The molecule has 0 atom stereocenters. The summed E-state index contributed by atoms with van der Waals surface area (Å²) < 4.78 is 24.7. The molecule has 1 N–H and O–H groups in total. The standard InChI is InChI=1S/C17H15FO4/c1-21-15-10-13(7-8-16(19)20)9-14(18)17(15)22-11-12-5-3-2-4-6-12/h2-10H,11H2,1H3,(H,19,20)/b8-7+. The number of carboxylic acids is 1. The van der Waals surface area contributed by atoms with Gasteiger partial charge in [-0.3, -0.25) is 0 Å². The summed E-state index contributed by atoms with van der Waals surface area (Å²) in [5.74, 6) is -1.51. The first-order valence-electron chi connectivity index (χ1n) is 6.55. The highest BCUT2D eigenvalue weighted by Gasteiger charge is 2.13. The van der Waals surface area contributed by atoms with Crippen molar-refractivity contribution in [3.63, 3.8) is 0 Å². The molecule has 0 heterocycles. The van der Waals surface area contributed by atoms with E-state index in [1.165, 1.54) is 25.3 Å². The van der Waals surface area contributed by atoms with E-state index in [0.29, 0.717) is 5.56 Å². The van der Waals surface area contributed by atoms with E-state index in [4.69, 9.17) is 14.6 Å². The van der Waals surface area contributed by atoms with Gasteiger partial charge >= 0.3 is 5.97 Å². The minimum absolute atomic E-state index is 0.00109. The Hall–Kier alpha value is -2.82. The predicted molar refractivity (Wildman–Crippen MR) is 80.4 cm³/mol. The lowest BCUT2D eigenvalue weighted by molar-refractivity contribution is -0.131. The topological polar surface area (TPSA) is 55.8 Å². The Morgan fingerprint density at radius 3 is 2.64 bits per heavy atom. The second kappa shape index (κ2) is 7.26. The number of ether oxygens (including phenoxy) is 2. The molecule has 0 fully saturated rings. The maximum Gasteiger partial charge on any atom is 0.328 e. The molecule has 4 nitrogen and oxygen atoms in total. The van der Waals surface area contributed by atoms with Gasteiger partial charge in [0.2, 0.25) is 0 Å². The summed E-state index contributed by atoms with van der Waals surface area (Å²) in [5, 5.41) is 8.60. The molecule has 0 amide bonds. The Morgan fingerprint density at radius 1 is 1.27 bits per heavy atom. The molecule has 5 heteroatoms. The SMILES string of the molecule is COc1cc(/C=C/C(=O)O)cc(F)c1OCc1ccccc1. The zero-order valence-electron chi connectivity index (χ0n) is 12.0. The maximum atomic E-state index is 14.1. The Bertz CT molecular complexity index is 681. The third-order valence-corrected chi connectivity index (χ3v) is 2.90. The van der Waals surface area contributed by atoms with Crippen LogP contribution in [0, 0.1) is 5.82 Å². The Kier molecular flexibility index (Phi) is 5.14. The number of rotatable bonds is 6. The van der Waals surface area contributed by atoms with Crippen LogP contribution in [0.4, 0.5) is 4.39 Å². The molecule has 2 rings (SSSR count). The molecule has 0 aliphatic carbocycles. The monoisotopic (exact) mass is 302 g/mol. The van der Waals surface area contributed by atoms with Crippen molar-refractivity contribution in [2.75, 3.05) is 7.11 Å². The largest absolute Gasteiger partial charge is 0.493 e. The number of carbonyl (C=O) groups is 1. The fraction of sp³-hybridized carbons (Fsp3) is 0.118. The Labute approximate surface area is 127 Å². The summed E-state index contributed by atoms with van der Waals surface area (Å²) in [6.45, 7) is 0.207. The normalized spacial score (nSPS) is 10.6. The van der Waals surface area contributed by atoms with Crippen molar-refractivity contribution in [2.24, 2.45) is 0 Å². The zero-order valence-corrected chi connectivity index (χ0v) is 12.0. The van der Waals surface area contributed by atoms with E-state index in [0.717, 1.165) is 11.6 Å². The first-order chi connectivity index (χ1) is 10.6. The number of aliphatic carboxylic acids is 1. The van der Waals surface area contributed by atoms with Crippen LogP contribution in [0.5, 0.6) is 11.5 Å². The maximum absolute atomic E-state index is 14.1. The lowest BCUT2D eigenvalue weighted by Crippen LogP contribution is -2.00. The van der Waals surface area contributed by atoms with Crippen molar-refractivity contribution in [3.8, 4) is 11.5 Å². The number of hydrogen-bond donors (Lipinski definition) is 1. The number of methoxy groups -OCH3 is 1. The van der Waals surface area contributed by atoms with E-state index < -0.39 is 11.8 Å². The molecular weight excluding hydrogens is 287 g/mol. The van der Waals surface area contributed by atoms with Crippen molar-refractivity contribution < 1.29 is 23.8 Å². The molecule has 0 saturated heterocycles. The quantitative estimate of drug-likeness (QED) is 0.830. The van der Waals surface area contributed by atoms with Gasteiger partial charge in [0.1, 0.15) is 6.61 Å². The average Bonchev–Trinajstić information content (AvgIpc) is 2.52. The number of halogens is 1. The lowest BCUT2D eigenvalue weighted by atomic mass is 10.1. The van der Waals surface area contributed by atoms with Crippen LogP contribution in [-0.4, -0.2) is 18.2 Å². The number of carboxylic acid groups (broad SMARTS) is 1. The summed E-state index contributed by atoms with van der Waals surface area (Å²) in [6, 6.07) is 12.1. The minimum atomic E-state index is -1.11. The summed E-state index contributed by atoms with van der Waals surface area (Å²) in [7, 11) is 1.40. The van der Waals surface area contributed by atoms with Crippen LogP contribution in [0.1, 0.15) is 11.1 Å². The average molecular weight is 302 g/mol. The second-order valence-corrected chi connectivity index (χ2v) is 4.48. The Morgan fingerprint density at radius 2 is 2.00 bits per heavy atom. The molecule has 0 aliphatic heterocycles. The first kappa shape index (κ1) is 15.6. The Balaban J connectivity index is 2.22. The van der Waals surface area contributed by atoms with Gasteiger partial charge in [-0.05, 0) is 29.3 Å². The molecule has 0 radical (unpaired) electrons. The van der Waals surface area contributed by atoms with Gasteiger partial charge in [-0.2, -0.15) is 0 Å². The first-order valence-corrected chi connectivity index (χ1v) is 6.55. The summed E-state index contributed by atoms with van der Waals surface area (Å²) in [5.41, 5.74) is 1.28. The summed E-state index contributed by atoms with van der Waals surface area (Å²) in [6.07, 6.45) is 2.22. The molecule has 0 saturated carbocycles. The number of benzene rings is 2. The van der Waals surface area contributed by atoms with E-state index in [1.807, 2.05) is 30.3 Å². The van der Waals surface area contributed by atoms with Crippen LogP contribution in [-0.2, 0) is 11.4 Å². The van der Waals surface area contributed by atoms with Crippen LogP contribution in [0.25, 0.3) is 6.08 Å². The van der Waals surface area contributed by atoms with Crippen molar-refractivity contribution in [1.29, 1.82) is 0 Å². The number of hydrogen-bond acceptors (Lipinski definition) is 3.